The van der Waals surface area contributed by atoms with Crippen LogP contribution < -0.4 is 5.32 Å². The minimum absolute atomic E-state index is 0.165. The van der Waals surface area contributed by atoms with E-state index in [0.29, 0.717) is 6.61 Å². The molecule has 0 saturated carbocycles. The molecule has 0 aliphatic carbocycles. The number of aromatic nitrogens is 2. The summed E-state index contributed by atoms with van der Waals surface area (Å²) < 4.78 is 13.8. The number of hydrogen-bond donors (Lipinski definition) is 1. The second-order valence-corrected chi connectivity index (χ2v) is 5.87. The molecule has 3 heterocycles. The summed E-state index contributed by atoms with van der Waals surface area (Å²) in [5.74, 6) is 1.21. The lowest BCUT2D eigenvalue weighted by atomic mass is 10.0. The quantitative estimate of drug-likeness (QED) is 0.882. The summed E-state index contributed by atoms with van der Waals surface area (Å²) in [5.41, 5.74) is 2.46. The second kappa shape index (κ2) is 5.84. The van der Waals surface area contributed by atoms with E-state index >= 15 is 0 Å². The molecule has 0 radical (unpaired) electrons. The first-order valence-corrected chi connectivity index (χ1v) is 7.69. The van der Waals surface area contributed by atoms with Crippen LogP contribution in [-0.4, -0.2) is 42.0 Å². The molecule has 1 unspecified atom stereocenters. The first-order chi connectivity index (χ1) is 9.78. The third-order valence-electron chi connectivity index (χ3n) is 4.49. The van der Waals surface area contributed by atoms with Gasteiger partial charge in [0.2, 0.25) is 0 Å². The van der Waals surface area contributed by atoms with Crippen molar-refractivity contribution in [2.45, 2.75) is 51.3 Å². The summed E-state index contributed by atoms with van der Waals surface area (Å²) in [6.45, 7) is 6.52. The molecule has 1 aromatic heterocycles. The van der Waals surface area contributed by atoms with Gasteiger partial charge in [0, 0.05) is 51.8 Å². The lowest BCUT2D eigenvalue weighted by molar-refractivity contribution is -0.0305. The third-order valence-corrected chi connectivity index (χ3v) is 4.49. The maximum atomic E-state index is 5.81. The van der Waals surface area contributed by atoms with Gasteiger partial charge in [-0.25, -0.2) is 4.98 Å². The molecule has 5 nitrogen and oxygen atoms in total. The van der Waals surface area contributed by atoms with E-state index in [1.807, 2.05) is 0 Å². The van der Waals surface area contributed by atoms with E-state index in [2.05, 4.69) is 16.8 Å². The fourth-order valence-corrected chi connectivity index (χ4v) is 3.25. The summed E-state index contributed by atoms with van der Waals surface area (Å²) in [5, 5.41) is 3.41. The molecule has 112 valence electrons. The highest BCUT2D eigenvalue weighted by Crippen LogP contribution is 2.28. The zero-order valence-corrected chi connectivity index (χ0v) is 12.6. The Labute approximate surface area is 120 Å². The Balaban J connectivity index is 1.92. The van der Waals surface area contributed by atoms with Crippen molar-refractivity contribution in [1.29, 1.82) is 0 Å². The molecule has 2 aliphatic heterocycles. The fraction of sp³-hybridized carbons (Fsp3) is 0.800. The van der Waals surface area contributed by atoms with E-state index in [4.69, 9.17) is 14.5 Å². The Hall–Kier alpha value is -0.910. The van der Waals surface area contributed by atoms with Crippen LogP contribution in [-0.2, 0) is 35.4 Å². The van der Waals surface area contributed by atoms with Gasteiger partial charge in [-0.15, -0.1) is 0 Å². The standard InChI is InChI=1S/C15H25N3O2/c1-3-4-14-17-12-9-16-7-5-13(12)18(14)10-15(19-2)6-8-20-11-15/h16H,3-11H2,1-2H3. The van der Waals surface area contributed by atoms with E-state index in [1.54, 1.807) is 7.11 Å². The molecular weight excluding hydrogens is 254 g/mol. The summed E-state index contributed by atoms with van der Waals surface area (Å²) in [6.07, 6.45) is 4.19. The molecule has 3 rings (SSSR count). The van der Waals surface area contributed by atoms with Crippen LogP contribution in [0.2, 0.25) is 0 Å². The van der Waals surface area contributed by atoms with E-state index in [0.717, 1.165) is 51.9 Å². The zero-order valence-electron chi connectivity index (χ0n) is 12.6. The van der Waals surface area contributed by atoms with Crippen LogP contribution in [0.4, 0.5) is 0 Å². The van der Waals surface area contributed by atoms with Gasteiger partial charge in [0.15, 0.2) is 0 Å². The van der Waals surface area contributed by atoms with Crippen molar-refractivity contribution < 1.29 is 9.47 Å². The SMILES string of the molecule is CCCc1nc2c(n1CC1(OC)CCOC1)CCNC2. The zero-order chi connectivity index (χ0) is 14.0. The maximum absolute atomic E-state index is 5.81. The van der Waals surface area contributed by atoms with E-state index in [-0.39, 0.29) is 5.60 Å². The van der Waals surface area contributed by atoms with Crippen LogP contribution in [0.3, 0.4) is 0 Å². The van der Waals surface area contributed by atoms with Crippen molar-refractivity contribution >= 4 is 0 Å². The van der Waals surface area contributed by atoms with E-state index in [1.165, 1.54) is 17.2 Å². The van der Waals surface area contributed by atoms with Gasteiger partial charge in [-0.1, -0.05) is 6.92 Å². The van der Waals surface area contributed by atoms with Crippen molar-refractivity contribution in [3.63, 3.8) is 0 Å². The highest BCUT2D eigenvalue weighted by molar-refractivity contribution is 5.21. The number of fused-ring (bicyclic) bond motifs is 1. The van der Waals surface area contributed by atoms with E-state index < -0.39 is 0 Å². The van der Waals surface area contributed by atoms with Gasteiger partial charge in [-0.3, -0.25) is 0 Å². The topological polar surface area (TPSA) is 48.3 Å². The first-order valence-electron chi connectivity index (χ1n) is 7.69. The van der Waals surface area contributed by atoms with Crippen molar-refractivity contribution in [2.24, 2.45) is 0 Å². The van der Waals surface area contributed by atoms with Crippen molar-refractivity contribution in [3.05, 3.63) is 17.2 Å². The number of nitrogens with zero attached hydrogens (tertiary/aromatic N) is 2. The van der Waals surface area contributed by atoms with Gasteiger partial charge in [-0.2, -0.15) is 0 Å². The van der Waals surface area contributed by atoms with Crippen LogP contribution >= 0.6 is 0 Å². The Morgan fingerprint density at radius 3 is 3.10 bits per heavy atom. The molecule has 1 atom stereocenters. The summed E-state index contributed by atoms with van der Waals surface area (Å²) in [6, 6.07) is 0. The van der Waals surface area contributed by atoms with Gasteiger partial charge in [-0.05, 0) is 6.42 Å². The molecule has 1 saturated heterocycles. The van der Waals surface area contributed by atoms with Gasteiger partial charge in [0.25, 0.3) is 0 Å². The molecule has 0 amide bonds. The number of rotatable bonds is 5. The molecule has 0 bridgehead atoms. The Morgan fingerprint density at radius 1 is 1.50 bits per heavy atom. The van der Waals surface area contributed by atoms with Crippen molar-refractivity contribution in [1.82, 2.24) is 14.9 Å². The highest BCUT2D eigenvalue weighted by atomic mass is 16.5. The first kappa shape index (κ1) is 14.0. The van der Waals surface area contributed by atoms with Gasteiger partial charge >= 0.3 is 0 Å². The normalized spacial score (nSPS) is 25.9. The molecule has 1 aromatic rings. The van der Waals surface area contributed by atoms with E-state index in [9.17, 15) is 0 Å². The van der Waals surface area contributed by atoms with Crippen LogP contribution in [0.1, 0.15) is 37.0 Å². The molecular formula is C15H25N3O2. The summed E-state index contributed by atoms with van der Waals surface area (Å²) in [4.78, 5) is 4.85. The number of imidazole rings is 1. The molecule has 1 fully saturated rings. The molecule has 1 N–H and O–H groups in total. The van der Waals surface area contributed by atoms with Gasteiger partial charge in [0.05, 0.1) is 18.8 Å². The summed E-state index contributed by atoms with van der Waals surface area (Å²) in [7, 11) is 1.80. The van der Waals surface area contributed by atoms with Crippen molar-refractivity contribution in [3.8, 4) is 0 Å². The number of aryl methyl sites for hydroxylation is 1. The molecule has 0 spiro atoms. The van der Waals surface area contributed by atoms with Gasteiger partial charge in [0.1, 0.15) is 11.4 Å². The predicted molar refractivity (Wildman–Crippen MR) is 76.8 cm³/mol. The van der Waals surface area contributed by atoms with Gasteiger partial charge < -0.3 is 19.4 Å². The minimum Gasteiger partial charge on any atom is -0.378 e. The average molecular weight is 279 g/mol. The van der Waals surface area contributed by atoms with Crippen LogP contribution in [0.25, 0.3) is 0 Å². The largest absolute Gasteiger partial charge is 0.378 e. The number of hydrogen-bond acceptors (Lipinski definition) is 4. The Bertz CT molecular complexity index is 464. The second-order valence-electron chi connectivity index (χ2n) is 5.87. The fourth-order valence-electron chi connectivity index (χ4n) is 3.25. The molecule has 5 heteroatoms. The lowest BCUT2D eigenvalue weighted by Gasteiger charge is -2.28. The average Bonchev–Trinajstić information content (AvgIpc) is 3.07. The van der Waals surface area contributed by atoms with Crippen LogP contribution in [0, 0.1) is 0 Å². The highest BCUT2D eigenvalue weighted by Gasteiger charge is 2.37. The number of nitrogens with one attached hydrogen (secondary N) is 1. The summed E-state index contributed by atoms with van der Waals surface area (Å²) >= 11 is 0. The van der Waals surface area contributed by atoms with Crippen LogP contribution in [0.5, 0.6) is 0 Å². The number of methoxy groups -OCH3 is 1. The number of ether oxygens (including phenoxy) is 2. The minimum atomic E-state index is -0.165. The molecule has 2 aliphatic rings. The molecule has 0 aromatic carbocycles. The lowest BCUT2D eigenvalue weighted by Crippen LogP contribution is -2.38. The Kier molecular flexibility index (Phi) is 4.10. The smallest absolute Gasteiger partial charge is 0.111 e. The third kappa shape index (κ3) is 2.50. The predicted octanol–water partition coefficient (Wildman–Crippen LogP) is 1.29. The maximum Gasteiger partial charge on any atom is 0.111 e. The Morgan fingerprint density at radius 2 is 2.40 bits per heavy atom. The monoisotopic (exact) mass is 279 g/mol. The van der Waals surface area contributed by atoms with Crippen LogP contribution in [0.15, 0.2) is 0 Å². The molecule has 20 heavy (non-hydrogen) atoms. The van der Waals surface area contributed by atoms with Crippen molar-refractivity contribution in [2.75, 3.05) is 26.9 Å².